The lowest BCUT2D eigenvalue weighted by Crippen LogP contribution is -2.26. The summed E-state index contributed by atoms with van der Waals surface area (Å²) in [6.45, 7) is 5.10. The zero-order chi connectivity index (χ0) is 12.6. The van der Waals surface area contributed by atoms with Crippen LogP contribution in [0.15, 0.2) is 29.0 Å². The molecule has 1 atom stereocenters. The zero-order valence-electron chi connectivity index (χ0n) is 10.5. The average molecular weight is 248 g/mol. The summed E-state index contributed by atoms with van der Waals surface area (Å²) in [5.41, 5.74) is 0.830. The third-order valence-electron chi connectivity index (χ3n) is 2.94. The first kappa shape index (κ1) is 11.5. The fourth-order valence-corrected chi connectivity index (χ4v) is 2.11. The first-order valence-corrected chi connectivity index (χ1v) is 6.02. The van der Waals surface area contributed by atoms with Crippen molar-refractivity contribution in [1.82, 2.24) is 4.98 Å². The first-order valence-electron chi connectivity index (χ1n) is 6.02. The second kappa shape index (κ2) is 4.26. The third-order valence-corrected chi connectivity index (χ3v) is 2.94. The van der Waals surface area contributed by atoms with E-state index in [1.54, 1.807) is 12.5 Å². The highest BCUT2D eigenvalue weighted by atomic mass is 16.7. The van der Waals surface area contributed by atoms with Gasteiger partial charge in [-0.25, -0.2) is 4.98 Å². The topological polar surface area (TPSA) is 56.5 Å². The minimum atomic E-state index is -0.485. The molecular formula is C13H16N2O3. The molecular weight excluding hydrogens is 232 g/mol. The Labute approximate surface area is 105 Å². The molecule has 96 valence electrons. The van der Waals surface area contributed by atoms with Crippen molar-refractivity contribution in [3.63, 3.8) is 0 Å². The van der Waals surface area contributed by atoms with Gasteiger partial charge in [0.25, 0.3) is 0 Å². The molecule has 1 aliphatic heterocycles. The van der Waals surface area contributed by atoms with Crippen LogP contribution in [0.1, 0.15) is 13.8 Å². The Balaban J connectivity index is 1.69. The van der Waals surface area contributed by atoms with Gasteiger partial charge in [0.1, 0.15) is 17.5 Å². The highest BCUT2D eigenvalue weighted by molar-refractivity contribution is 5.87. The maximum Gasteiger partial charge on any atom is 0.163 e. The lowest BCUT2D eigenvalue weighted by atomic mass is 10.3. The molecule has 0 amide bonds. The SMILES string of the molecule is CC1(C)OCC(CNc2nccc3occc23)O1. The van der Waals surface area contributed by atoms with E-state index in [-0.39, 0.29) is 6.10 Å². The number of hydrogen-bond acceptors (Lipinski definition) is 5. The number of ether oxygens (including phenoxy) is 2. The molecule has 0 saturated carbocycles. The Hall–Kier alpha value is -1.59. The van der Waals surface area contributed by atoms with Crippen LogP contribution in [0.3, 0.4) is 0 Å². The van der Waals surface area contributed by atoms with E-state index in [1.807, 2.05) is 26.0 Å². The summed E-state index contributed by atoms with van der Waals surface area (Å²) in [7, 11) is 0. The monoisotopic (exact) mass is 248 g/mol. The predicted molar refractivity (Wildman–Crippen MR) is 67.4 cm³/mol. The molecule has 0 aromatic carbocycles. The summed E-state index contributed by atoms with van der Waals surface area (Å²) < 4.78 is 16.6. The van der Waals surface area contributed by atoms with Crippen LogP contribution in [0.5, 0.6) is 0 Å². The number of nitrogens with zero attached hydrogens (tertiary/aromatic N) is 1. The Bertz CT molecular complexity index is 550. The molecule has 1 aliphatic rings. The van der Waals surface area contributed by atoms with E-state index in [9.17, 15) is 0 Å². The van der Waals surface area contributed by atoms with E-state index in [0.717, 1.165) is 16.8 Å². The van der Waals surface area contributed by atoms with Crippen molar-refractivity contribution in [2.45, 2.75) is 25.7 Å². The lowest BCUT2D eigenvalue weighted by Gasteiger charge is -2.17. The third kappa shape index (κ3) is 2.19. The molecule has 1 N–H and O–H groups in total. The number of fused-ring (bicyclic) bond motifs is 1. The molecule has 3 heterocycles. The Kier molecular flexibility index (Phi) is 2.72. The van der Waals surface area contributed by atoms with Crippen LogP contribution >= 0.6 is 0 Å². The molecule has 1 fully saturated rings. The molecule has 3 rings (SSSR count). The lowest BCUT2D eigenvalue weighted by molar-refractivity contribution is -0.136. The minimum absolute atomic E-state index is 0.0453. The summed E-state index contributed by atoms with van der Waals surface area (Å²) in [5.74, 6) is 0.330. The van der Waals surface area contributed by atoms with Gasteiger partial charge in [-0.15, -0.1) is 0 Å². The normalized spacial score (nSPS) is 22.4. The second-order valence-electron chi connectivity index (χ2n) is 4.82. The van der Waals surface area contributed by atoms with Crippen molar-refractivity contribution in [2.75, 3.05) is 18.5 Å². The number of hydrogen-bond donors (Lipinski definition) is 1. The minimum Gasteiger partial charge on any atom is -0.464 e. The van der Waals surface area contributed by atoms with Gasteiger partial charge >= 0.3 is 0 Å². The quantitative estimate of drug-likeness (QED) is 0.903. The van der Waals surface area contributed by atoms with Crippen molar-refractivity contribution in [3.8, 4) is 0 Å². The fourth-order valence-electron chi connectivity index (χ4n) is 2.11. The van der Waals surface area contributed by atoms with Gasteiger partial charge in [-0.2, -0.15) is 0 Å². The van der Waals surface area contributed by atoms with E-state index in [2.05, 4.69) is 10.3 Å². The maximum absolute atomic E-state index is 5.73. The largest absolute Gasteiger partial charge is 0.464 e. The molecule has 5 heteroatoms. The van der Waals surface area contributed by atoms with E-state index >= 15 is 0 Å². The maximum atomic E-state index is 5.73. The van der Waals surface area contributed by atoms with Crippen LogP contribution < -0.4 is 5.32 Å². The highest BCUT2D eigenvalue weighted by Crippen LogP contribution is 2.24. The molecule has 5 nitrogen and oxygen atoms in total. The van der Waals surface area contributed by atoms with Crippen molar-refractivity contribution in [1.29, 1.82) is 0 Å². The molecule has 0 aliphatic carbocycles. The van der Waals surface area contributed by atoms with Crippen LogP contribution in [0.2, 0.25) is 0 Å². The van der Waals surface area contributed by atoms with Gasteiger partial charge in [-0.3, -0.25) is 0 Å². The van der Waals surface area contributed by atoms with Crippen LogP contribution in [0, 0.1) is 0 Å². The van der Waals surface area contributed by atoms with Gasteiger partial charge < -0.3 is 19.2 Å². The summed E-state index contributed by atoms with van der Waals surface area (Å²) in [6.07, 6.45) is 3.43. The number of nitrogens with one attached hydrogen (secondary N) is 1. The number of rotatable bonds is 3. The Morgan fingerprint density at radius 1 is 1.44 bits per heavy atom. The molecule has 1 saturated heterocycles. The highest BCUT2D eigenvalue weighted by Gasteiger charge is 2.32. The van der Waals surface area contributed by atoms with Crippen LogP contribution in [0.4, 0.5) is 5.82 Å². The van der Waals surface area contributed by atoms with Crippen molar-refractivity contribution in [2.24, 2.45) is 0 Å². The summed E-state index contributed by atoms with van der Waals surface area (Å²) in [5, 5.41) is 4.26. The molecule has 2 aromatic rings. The van der Waals surface area contributed by atoms with E-state index < -0.39 is 5.79 Å². The molecule has 18 heavy (non-hydrogen) atoms. The summed E-state index contributed by atoms with van der Waals surface area (Å²) in [4.78, 5) is 4.31. The summed E-state index contributed by atoms with van der Waals surface area (Å²) >= 11 is 0. The first-order chi connectivity index (χ1) is 8.64. The van der Waals surface area contributed by atoms with Gasteiger partial charge in [0, 0.05) is 12.7 Å². The van der Waals surface area contributed by atoms with Crippen molar-refractivity contribution >= 4 is 16.8 Å². The zero-order valence-corrected chi connectivity index (χ0v) is 10.5. The van der Waals surface area contributed by atoms with Crippen molar-refractivity contribution < 1.29 is 13.9 Å². The van der Waals surface area contributed by atoms with Gasteiger partial charge in [0.15, 0.2) is 5.79 Å². The standard InChI is InChI=1S/C13H16N2O3/c1-13(2)17-8-9(18-13)7-15-12-10-4-6-16-11(10)3-5-14-12/h3-6,9H,7-8H2,1-2H3,(H,14,15). The van der Waals surface area contributed by atoms with E-state index in [0.29, 0.717) is 13.2 Å². The molecule has 0 bridgehead atoms. The van der Waals surface area contributed by atoms with Gasteiger partial charge in [0.05, 0.1) is 18.3 Å². The Morgan fingerprint density at radius 2 is 2.33 bits per heavy atom. The predicted octanol–water partition coefficient (Wildman–Crippen LogP) is 2.39. The number of anilines is 1. The smallest absolute Gasteiger partial charge is 0.163 e. The van der Waals surface area contributed by atoms with Crippen LogP contribution in [0.25, 0.3) is 11.0 Å². The number of furan rings is 1. The Morgan fingerprint density at radius 3 is 3.11 bits per heavy atom. The summed E-state index contributed by atoms with van der Waals surface area (Å²) in [6, 6.07) is 3.75. The van der Waals surface area contributed by atoms with Gasteiger partial charge in [-0.05, 0) is 26.0 Å². The second-order valence-corrected chi connectivity index (χ2v) is 4.82. The van der Waals surface area contributed by atoms with Gasteiger partial charge in [0.2, 0.25) is 0 Å². The van der Waals surface area contributed by atoms with E-state index in [1.165, 1.54) is 0 Å². The fraction of sp³-hybridized carbons (Fsp3) is 0.462. The molecule has 1 unspecified atom stereocenters. The van der Waals surface area contributed by atoms with Crippen LogP contribution in [-0.2, 0) is 9.47 Å². The van der Waals surface area contributed by atoms with Crippen molar-refractivity contribution in [3.05, 3.63) is 24.6 Å². The van der Waals surface area contributed by atoms with Crippen LogP contribution in [-0.4, -0.2) is 30.0 Å². The van der Waals surface area contributed by atoms with Gasteiger partial charge in [-0.1, -0.05) is 0 Å². The van der Waals surface area contributed by atoms with E-state index in [4.69, 9.17) is 13.9 Å². The molecule has 0 radical (unpaired) electrons. The molecule has 0 spiro atoms. The number of pyridine rings is 1. The number of aromatic nitrogens is 1. The average Bonchev–Trinajstić information content (AvgIpc) is 2.92. The molecule has 2 aromatic heterocycles.